The first-order valence-corrected chi connectivity index (χ1v) is 5.48. The van der Waals surface area contributed by atoms with Crippen LogP contribution in [0.1, 0.15) is 22.8 Å². The third-order valence-electron chi connectivity index (χ3n) is 2.61. The normalized spacial score (nSPS) is 11.9. The summed E-state index contributed by atoms with van der Waals surface area (Å²) in [4.78, 5) is 22.5. The van der Waals surface area contributed by atoms with Gasteiger partial charge >= 0.3 is 5.97 Å². The van der Waals surface area contributed by atoms with E-state index >= 15 is 0 Å². The van der Waals surface area contributed by atoms with E-state index in [0.29, 0.717) is 0 Å². The molecular formula is C13H15NO5. The highest BCUT2D eigenvalue weighted by atomic mass is 16.4. The number of carboxylic acid groups (broad SMARTS) is 1. The number of carboxylic acids is 1. The van der Waals surface area contributed by atoms with Crippen LogP contribution in [0.5, 0.6) is 11.5 Å². The van der Waals surface area contributed by atoms with Crippen LogP contribution in [-0.4, -0.2) is 33.1 Å². The number of phenolic OH excluding ortho intramolecular Hbond substituents is 2. The Morgan fingerprint density at radius 2 is 1.95 bits per heavy atom. The minimum atomic E-state index is -1.22. The molecule has 0 aliphatic carbocycles. The fourth-order valence-electron chi connectivity index (χ4n) is 1.55. The summed E-state index contributed by atoms with van der Waals surface area (Å²) in [6.07, 6.45) is -0.155. The van der Waals surface area contributed by atoms with Crippen molar-refractivity contribution in [1.82, 2.24) is 0 Å². The number of ketones is 1. The quantitative estimate of drug-likeness (QED) is 0.462. The van der Waals surface area contributed by atoms with Gasteiger partial charge in [-0.1, -0.05) is 12.6 Å². The maximum Gasteiger partial charge on any atom is 0.320 e. The van der Waals surface area contributed by atoms with Crippen LogP contribution in [0.15, 0.2) is 24.3 Å². The minimum Gasteiger partial charge on any atom is -0.507 e. The summed E-state index contributed by atoms with van der Waals surface area (Å²) in [5, 5.41) is 28.3. The average molecular weight is 265 g/mol. The van der Waals surface area contributed by atoms with E-state index < -0.39 is 29.3 Å². The molecule has 0 aromatic heterocycles. The molecule has 0 aliphatic rings. The first-order chi connectivity index (χ1) is 8.75. The number of carbonyl (C=O) groups is 2. The van der Waals surface area contributed by atoms with E-state index in [2.05, 4.69) is 6.58 Å². The van der Waals surface area contributed by atoms with Gasteiger partial charge in [-0.2, -0.15) is 0 Å². The molecule has 19 heavy (non-hydrogen) atoms. The summed E-state index contributed by atoms with van der Waals surface area (Å²) in [5.74, 6) is -2.69. The van der Waals surface area contributed by atoms with Gasteiger partial charge in [0.2, 0.25) is 0 Å². The number of benzene rings is 1. The lowest BCUT2D eigenvalue weighted by molar-refractivity contribution is -0.138. The SMILES string of the molecule is C=C(C)C(=O)c1c(O)ccc(CC(N)C(=O)O)c1O. The van der Waals surface area contributed by atoms with Crippen LogP contribution in [0.3, 0.4) is 0 Å². The van der Waals surface area contributed by atoms with Crippen molar-refractivity contribution < 1.29 is 24.9 Å². The van der Waals surface area contributed by atoms with E-state index in [4.69, 9.17) is 10.8 Å². The summed E-state index contributed by atoms with van der Waals surface area (Å²) in [6, 6.07) is 1.32. The number of nitrogens with two attached hydrogens (primary N) is 1. The van der Waals surface area contributed by atoms with E-state index in [1.807, 2.05) is 0 Å². The Kier molecular flexibility index (Phi) is 4.29. The number of aromatic hydroxyl groups is 2. The molecule has 1 aromatic rings. The summed E-state index contributed by atoms with van der Waals surface area (Å²) >= 11 is 0. The van der Waals surface area contributed by atoms with Crippen LogP contribution >= 0.6 is 0 Å². The summed E-state index contributed by atoms with van der Waals surface area (Å²) in [7, 11) is 0. The van der Waals surface area contributed by atoms with Crippen molar-refractivity contribution in [2.24, 2.45) is 5.73 Å². The third kappa shape index (κ3) is 3.11. The molecule has 1 rings (SSSR count). The van der Waals surface area contributed by atoms with Gasteiger partial charge in [0, 0.05) is 6.42 Å². The van der Waals surface area contributed by atoms with Crippen LogP contribution in [0.4, 0.5) is 0 Å². The Hall–Kier alpha value is -2.34. The molecule has 0 bridgehead atoms. The third-order valence-corrected chi connectivity index (χ3v) is 2.61. The van der Waals surface area contributed by atoms with Gasteiger partial charge in [0.25, 0.3) is 0 Å². The van der Waals surface area contributed by atoms with Crippen LogP contribution in [-0.2, 0) is 11.2 Å². The zero-order valence-electron chi connectivity index (χ0n) is 10.4. The van der Waals surface area contributed by atoms with E-state index in [0.717, 1.165) is 0 Å². The molecule has 0 aliphatic heterocycles. The molecular weight excluding hydrogens is 250 g/mol. The van der Waals surface area contributed by atoms with Gasteiger partial charge in [-0.3, -0.25) is 9.59 Å². The lowest BCUT2D eigenvalue weighted by atomic mass is 9.97. The van der Waals surface area contributed by atoms with Gasteiger partial charge in [-0.25, -0.2) is 0 Å². The van der Waals surface area contributed by atoms with Crippen LogP contribution in [0.2, 0.25) is 0 Å². The molecule has 1 aromatic carbocycles. The first-order valence-electron chi connectivity index (χ1n) is 5.48. The van der Waals surface area contributed by atoms with Crippen molar-refractivity contribution >= 4 is 11.8 Å². The van der Waals surface area contributed by atoms with Crippen molar-refractivity contribution in [3.05, 3.63) is 35.4 Å². The Bertz CT molecular complexity index is 550. The molecule has 0 fully saturated rings. The first kappa shape index (κ1) is 14.7. The molecule has 6 heteroatoms. The second-order valence-corrected chi connectivity index (χ2v) is 4.23. The van der Waals surface area contributed by atoms with Gasteiger partial charge in [0.1, 0.15) is 23.1 Å². The predicted molar refractivity (Wildman–Crippen MR) is 68.2 cm³/mol. The fraction of sp³-hybridized carbons (Fsp3) is 0.231. The van der Waals surface area contributed by atoms with Gasteiger partial charge in [-0.05, 0) is 24.1 Å². The molecule has 0 spiro atoms. The second-order valence-electron chi connectivity index (χ2n) is 4.23. The number of carbonyl (C=O) groups excluding carboxylic acids is 1. The smallest absolute Gasteiger partial charge is 0.320 e. The van der Waals surface area contributed by atoms with E-state index in [-0.39, 0.29) is 23.1 Å². The number of allylic oxidation sites excluding steroid dienone is 1. The van der Waals surface area contributed by atoms with Gasteiger partial charge in [0.05, 0.1) is 0 Å². The highest BCUT2D eigenvalue weighted by molar-refractivity contribution is 6.11. The van der Waals surface area contributed by atoms with Gasteiger partial charge < -0.3 is 21.1 Å². The molecule has 6 nitrogen and oxygen atoms in total. The average Bonchev–Trinajstić information content (AvgIpc) is 2.32. The number of hydrogen-bond donors (Lipinski definition) is 4. The van der Waals surface area contributed by atoms with Crippen LogP contribution in [0, 0.1) is 0 Å². The van der Waals surface area contributed by atoms with E-state index in [1.54, 1.807) is 0 Å². The molecule has 1 atom stereocenters. The Morgan fingerprint density at radius 3 is 2.42 bits per heavy atom. The highest BCUT2D eigenvalue weighted by Crippen LogP contribution is 2.32. The van der Waals surface area contributed by atoms with Crippen LogP contribution in [0.25, 0.3) is 0 Å². The monoisotopic (exact) mass is 265 g/mol. The highest BCUT2D eigenvalue weighted by Gasteiger charge is 2.22. The van der Waals surface area contributed by atoms with Gasteiger partial charge in [-0.15, -0.1) is 0 Å². The molecule has 5 N–H and O–H groups in total. The van der Waals surface area contributed by atoms with Crippen molar-refractivity contribution in [3.8, 4) is 11.5 Å². The Labute approximate surface area is 109 Å². The predicted octanol–water partition coefficient (Wildman–Crippen LogP) is 0.811. The lowest BCUT2D eigenvalue weighted by Crippen LogP contribution is -2.32. The fourth-order valence-corrected chi connectivity index (χ4v) is 1.55. The number of aliphatic carboxylic acids is 1. The molecule has 0 heterocycles. The largest absolute Gasteiger partial charge is 0.507 e. The molecule has 0 saturated heterocycles. The van der Waals surface area contributed by atoms with E-state index in [9.17, 15) is 19.8 Å². The Balaban J connectivity index is 3.24. The molecule has 102 valence electrons. The summed E-state index contributed by atoms with van der Waals surface area (Å²) < 4.78 is 0. The summed E-state index contributed by atoms with van der Waals surface area (Å²) in [6.45, 7) is 4.88. The zero-order chi connectivity index (χ0) is 14.7. The van der Waals surface area contributed by atoms with E-state index in [1.165, 1.54) is 19.1 Å². The zero-order valence-corrected chi connectivity index (χ0v) is 10.4. The standard InChI is InChI=1S/C13H15NO5/c1-6(2)11(16)10-9(15)4-3-7(12(10)17)5-8(14)13(18)19/h3-4,8,15,17H,1,5,14H2,2H3,(H,18,19). The molecule has 0 amide bonds. The Morgan fingerprint density at radius 1 is 1.37 bits per heavy atom. The number of rotatable bonds is 5. The number of Topliss-reactive ketones (excluding diaryl/α,β-unsaturated/α-hetero) is 1. The van der Waals surface area contributed by atoms with Crippen molar-refractivity contribution in [2.45, 2.75) is 19.4 Å². The van der Waals surface area contributed by atoms with Gasteiger partial charge in [0.15, 0.2) is 5.78 Å². The maximum absolute atomic E-state index is 11.8. The number of phenols is 2. The van der Waals surface area contributed by atoms with Crippen molar-refractivity contribution in [1.29, 1.82) is 0 Å². The molecule has 1 unspecified atom stereocenters. The number of hydrogen-bond acceptors (Lipinski definition) is 5. The van der Waals surface area contributed by atoms with Crippen LogP contribution < -0.4 is 5.73 Å². The minimum absolute atomic E-state index is 0.144. The maximum atomic E-state index is 11.8. The lowest BCUT2D eigenvalue weighted by Gasteiger charge is -2.12. The molecule has 0 radical (unpaired) electrons. The summed E-state index contributed by atoms with van der Waals surface area (Å²) in [5.41, 5.74) is 5.40. The van der Waals surface area contributed by atoms with Crippen molar-refractivity contribution in [2.75, 3.05) is 0 Å². The van der Waals surface area contributed by atoms with Crippen molar-refractivity contribution in [3.63, 3.8) is 0 Å². The second kappa shape index (κ2) is 5.53. The molecule has 0 saturated carbocycles. The topological polar surface area (TPSA) is 121 Å².